The molecule has 2 nitrogen and oxygen atoms in total. The van der Waals surface area contributed by atoms with E-state index in [1.165, 1.54) is 31.6 Å². The smallest absolute Gasteiger partial charge is 0.134 e. The Labute approximate surface area is 96.8 Å². The summed E-state index contributed by atoms with van der Waals surface area (Å²) in [5, 5.41) is 0. The van der Waals surface area contributed by atoms with E-state index >= 15 is 0 Å². The van der Waals surface area contributed by atoms with E-state index in [9.17, 15) is 4.79 Å². The number of rotatable bonds is 3. The van der Waals surface area contributed by atoms with Crippen molar-refractivity contribution >= 4 is 17.5 Å². The summed E-state index contributed by atoms with van der Waals surface area (Å²) in [4.78, 5) is 14.1. The molecule has 1 aliphatic heterocycles. The van der Waals surface area contributed by atoms with Gasteiger partial charge in [-0.05, 0) is 38.5 Å². The Morgan fingerprint density at radius 3 is 3.00 bits per heavy atom. The highest BCUT2D eigenvalue weighted by molar-refractivity contribution is 7.98. The van der Waals surface area contributed by atoms with Crippen LogP contribution in [0.25, 0.3) is 0 Å². The molecule has 0 aromatic rings. The summed E-state index contributed by atoms with van der Waals surface area (Å²) >= 11 is 1.94. The van der Waals surface area contributed by atoms with Gasteiger partial charge in [0.15, 0.2) is 0 Å². The third-order valence-corrected chi connectivity index (χ3v) is 4.43. The van der Waals surface area contributed by atoms with E-state index in [2.05, 4.69) is 11.2 Å². The molecular formula is C12H21NOS. The molecule has 15 heavy (non-hydrogen) atoms. The quantitative estimate of drug-likeness (QED) is 0.738. The second-order valence-electron chi connectivity index (χ2n) is 4.78. The predicted molar refractivity (Wildman–Crippen MR) is 65.4 cm³/mol. The number of Topliss-reactive ketones (excluding diaryl/α,β-unsaturated/α-hetero) is 1. The van der Waals surface area contributed by atoms with Crippen LogP contribution in [0.4, 0.5) is 0 Å². The van der Waals surface area contributed by atoms with Crippen LogP contribution in [0.3, 0.4) is 0 Å². The van der Waals surface area contributed by atoms with Crippen LogP contribution in [-0.2, 0) is 4.79 Å². The monoisotopic (exact) mass is 227 g/mol. The van der Waals surface area contributed by atoms with Crippen LogP contribution in [0, 0.1) is 0 Å². The Bertz CT molecular complexity index is 232. The molecule has 1 saturated heterocycles. The lowest BCUT2D eigenvalue weighted by Crippen LogP contribution is -2.43. The van der Waals surface area contributed by atoms with E-state index in [-0.39, 0.29) is 0 Å². The van der Waals surface area contributed by atoms with Gasteiger partial charge in [-0.25, -0.2) is 0 Å². The van der Waals surface area contributed by atoms with Crippen molar-refractivity contribution in [2.24, 2.45) is 0 Å². The SMILES string of the molecule is CSCC1CCCN1C1CCCC(=O)C1. The maximum atomic E-state index is 11.5. The standard InChI is InChI=1S/C12H21NOS/c1-15-9-11-5-3-7-13(11)10-4-2-6-12(14)8-10/h10-11H,2-9H2,1H3. The Morgan fingerprint density at radius 1 is 1.40 bits per heavy atom. The second-order valence-corrected chi connectivity index (χ2v) is 5.69. The molecule has 2 unspecified atom stereocenters. The first kappa shape index (κ1) is 11.5. The summed E-state index contributed by atoms with van der Waals surface area (Å²) in [6.07, 6.45) is 8.87. The van der Waals surface area contributed by atoms with E-state index < -0.39 is 0 Å². The lowest BCUT2D eigenvalue weighted by molar-refractivity contribution is -0.122. The molecule has 2 atom stereocenters. The average Bonchev–Trinajstić information content (AvgIpc) is 2.66. The van der Waals surface area contributed by atoms with E-state index in [4.69, 9.17) is 0 Å². The molecule has 0 amide bonds. The maximum absolute atomic E-state index is 11.5. The number of ketones is 1. The highest BCUT2D eigenvalue weighted by atomic mass is 32.2. The van der Waals surface area contributed by atoms with Crippen LogP contribution in [-0.4, -0.2) is 41.3 Å². The van der Waals surface area contributed by atoms with E-state index in [1.54, 1.807) is 0 Å². The van der Waals surface area contributed by atoms with Crippen LogP contribution in [0.5, 0.6) is 0 Å². The van der Waals surface area contributed by atoms with Gasteiger partial charge in [0.05, 0.1) is 0 Å². The summed E-state index contributed by atoms with van der Waals surface area (Å²) in [5.74, 6) is 1.73. The highest BCUT2D eigenvalue weighted by Crippen LogP contribution is 2.29. The molecule has 0 spiro atoms. The van der Waals surface area contributed by atoms with Crippen molar-refractivity contribution in [1.29, 1.82) is 0 Å². The zero-order valence-electron chi connectivity index (χ0n) is 9.58. The first-order chi connectivity index (χ1) is 7.31. The van der Waals surface area contributed by atoms with Gasteiger partial charge in [-0.1, -0.05) is 0 Å². The molecule has 0 aromatic carbocycles. The topological polar surface area (TPSA) is 20.3 Å². The molecular weight excluding hydrogens is 206 g/mol. The van der Waals surface area contributed by atoms with Crippen molar-refractivity contribution in [3.63, 3.8) is 0 Å². The van der Waals surface area contributed by atoms with E-state index in [0.717, 1.165) is 25.3 Å². The first-order valence-corrected chi connectivity index (χ1v) is 7.47. The second kappa shape index (κ2) is 5.35. The Hall–Kier alpha value is -0.0200. The van der Waals surface area contributed by atoms with Gasteiger partial charge in [0.25, 0.3) is 0 Å². The molecule has 86 valence electrons. The van der Waals surface area contributed by atoms with E-state index in [1.807, 2.05) is 11.8 Å². The number of carbonyl (C=O) groups excluding carboxylic acids is 1. The van der Waals surface area contributed by atoms with Gasteiger partial charge < -0.3 is 0 Å². The lowest BCUT2D eigenvalue weighted by atomic mass is 9.93. The number of hydrogen-bond donors (Lipinski definition) is 0. The lowest BCUT2D eigenvalue weighted by Gasteiger charge is -2.34. The van der Waals surface area contributed by atoms with Crippen molar-refractivity contribution in [3.05, 3.63) is 0 Å². The molecule has 0 radical (unpaired) electrons. The molecule has 0 aromatic heterocycles. The van der Waals surface area contributed by atoms with Crippen LogP contribution in [0.2, 0.25) is 0 Å². The molecule has 2 aliphatic rings. The third kappa shape index (κ3) is 2.76. The number of thioether (sulfide) groups is 1. The van der Waals surface area contributed by atoms with Gasteiger partial charge in [-0.2, -0.15) is 11.8 Å². The Balaban J connectivity index is 1.93. The van der Waals surface area contributed by atoms with Crippen LogP contribution in [0.15, 0.2) is 0 Å². The summed E-state index contributed by atoms with van der Waals surface area (Å²) in [6.45, 7) is 1.23. The van der Waals surface area contributed by atoms with Crippen molar-refractivity contribution < 1.29 is 4.79 Å². The fourth-order valence-electron chi connectivity index (χ4n) is 2.99. The summed E-state index contributed by atoms with van der Waals surface area (Å²) in [6, 6.07) is 1.32. The maximum Gasteiger partial charge on any atom is 0.134 e. The van der Waals surface area contributed by atoms with Crippen molar-refractivity contribution in [2.75, 3.05) is 18.6 Å². The molecule has 1 aliphatic carbocycles. The van der Waals surface area contributed by atoms with Crippen molar-refractivity contribution in [1.82, 2.24) is 4.90 Å². The molecule has 0 N–H and O–H groups in total. The zero-order valence-corrected chi connectivity index (χ0v) is 10.4. The molecule has 2 fully saturated rings. The minimum Gasteiger partial charge on any atom is -0.300 e. The summed E-state index contributed by atoms with van der Waals surface area (Å²) in [7, 11) is 0. The fourth-order valence-corrected chi connectivity index (χ4v) is 3.74. The van der Waals surface area contributed by atoms with Crippen molar-refractivity contribution in [3.8, 4) is 0 Å². The molecule has 1 heterocycles. The van der Waals surface area contributed by atoms with E-state index in [0.29, 0.717) is 11.8 Å². The van der Waals surface area contributed by atoms with Crippen LogP contribution < -0.4 is 0 Å². The average molecular weight is 227 g/mol. The summed E-state index contributed by atoms with van der Waals surface area (Å²) in [5.41, 5.74) is 0. The van der Waals surface area contributed by atoms with Gasteiger partial charge in [-0.15, -0.1) is 0 Å². The predicted octanol–water partition coefficient (Wildman–Crippen LogP) is 2.33. The number of hydrogen-bond acceptors (Lipinski definition) is 3. The normalized spacial score (nSPS) is 33.5. The number of likely N-dealkylation sites (tertiary alicyclic amines) is 1. The molecule has 0 bridgehead atoms. The van der Waals surface area contributed by atoms with Gasteiger partial charge in [0.2, 0.25) is 0 Å². The summed E-state index contributed by atoms with van der Waals surface area (Å²) < 4.78 is 0. The van der Waals surface area contributed by atoms with Crippen LogP contribution >= 0.6 is 11.8 Å². The minimum atomic E-state index is 0.487. The van der Waals surface area contributed by atoms with Gasteiger partial charge >= 0.3 is 0 Å². The fraction of sp³-hybridized carbons (Fsp3) is 0.917. The first-order valence-electron chi connectivity index (χ1n) is 6.07. The minimum absolute atomic E-state index is 0.487. The number of nitrogens with zero attached hydrogens (tertiary/aromatic N) is 1. The highest BCUT2D eigenvalue weighted by Gasteiger charge is 2.32. The number of carbonyl (C=O) groups is 1. The Kier molecular flexibility index (Phi) is 4.09. The molecule has 2 rings (SSSR count). The third-order valence-electron chi connectivity index (χ3n) is 3.71. The van der Waals surface area contributed by atoms with Gasteiger partial charge in [0.1, 0.15) is 5.78 Å². The van der Waals surface area contributed by atoms with Crippen molar-refractivity contribution in [2.45, 2.75) is 50.6 Å². The van der Waals surface area contributed by atoms with Crippen LogP contribution in [0.1, 0.15) is 38.5 Å². The van der Waals surface area contributed by atoms with Gasteiger partial charge in [0, 0.05) is 30.7 Å². The largest absolute Gasteiger partial charge is 0.300 e. The zero-order chi connectivity index (χ0) is 10.7. The molecule has 3 heteroatoms. The molecule has 1 saturated carbocycles. The Morgan fingerprint density at radius 2 is 2.27 bits per heavy atom. The van der Waals surface area contributed by atoms with Gasteiger partial charge in [-0.3, -0.25) is 9.69 Å².